The summed E-state index contributed by atoms with van der Waals surface area (Å²) in [6, 6.07) is 6.88. The Morgan fingerprint density at radius 1 is 1.25 bits per heavy atom. The van der Waals surface area contributed by atoms with E-state index in [1.54, 1.807) is 24.5 Å². The van der Waals surface area contributed by atoms with Gasteiger partial charge in [-0.2, -0.15) is 0 Å². The van der Waals surface area contributed by atoms with Crippen molar-refractivity contribution in [3.05, 3.63) is 46.3 Å². The number of carbonyl (C=O) groups is 1. The number of aromatic amines is 1. The van der Waals surface area contributed by atoms with Gasteiger partial charge >= 0.3 is 5.97 Å². The third-order valence-electron chi connectivity index (χ3n) is 2.99. The average molecular weight is 310 g/mol. The molecule has 0 fully saturated rings. The number of nitrogens with one attached hydrogen (secondary N) is 1. The first-order chi connectivity index (χ1) is 9.60. The van der Waals surface area contributed by atoms with Crippen molar-refractivity contribution in [3.8, 4) is 11.1 Å². The SMILES string of the molecule is COC(=O)c1cc2occ(-c3ccc(Cl)c(Cl)c3)c2[nH]1. The molecule has 0 aliphatic carbocycles. The molecule has 3 rings (SSSR count). The Morgan fingerprint density at radius 2 is 2.05 bits per heavy atom. The van der Waals surface area contributed by atoms with Crippen LogP contribution in [0.1, 0.15) is 10.5 Å². The van der Waals surface area contributed by atoms with Gasteiger partial charge in [-0.25, -0.2) is 4.79 Å². The fraction of sp³-hybridized carbons (Fsp3) is 0.0714. The lowest BCUT2D eigenvalue weighted by molar-refractivity contribution is 0.0595. The minimum Gasteiger partial charge on any atom is -0.464 e. The number of H-pyrrole nitrogens is 1. The molecule has 0 bridgehead atoms. The van der Waals surface area contributed by atoms with Gasteiger partial charge in [0.05, 0.1) is 22.7 Å². The maximum atomic E-state index is 11.5. The van der Waals surface area contributed by atoms with E-state index in [2.05, 4.69) is 9.72 Å². The molecule has 0 aliphatic rings. The molecule has 0 atom stereocenters. The van der Waals surface area contributed by atoms with E-state index in [0.29, 0.717) is 26.8 Å². The van der Waals surface area contributed by atoms with Gasteiger partial charge in [0.15, 0.2) is 5.58 Å². The molecule has 0 amide bonds. The summed E-state index contributed by atoms with van der Waals surface area (Å²) in [5.74, 6) is -0.448. The highest BCUT2D eigenvalue weighted by molar-refractivity contribution is 6.42. The van der Waals surface area contributed by atoms with Gasteiger partial charge in [-0.15, -0.1) is 0 Å². The Hall–Kier alpha value is -1.91. The zero-order valence-electron chi connectivity index (χ0n) is 10.4. The number of fused-ring (bicyclic) bond motifs is 1. The maximum Gasteiger partial charge on any atom is 0.354 e. The average Bonchev–Trinajstić information content (AvgIpc) is 3.01. The molecule has 0 spiro atoms. The lowest BCUT2D eigenvalue weighted by Crippen LogP contribution is -2.00. The Balaban J connectivity index is 2.13. The number of rotatable bonds is 2. The first-order valence-corrected chi connectivity index (χ1v) is 6.49. The van der Waals surface area contributed by atoms with Crippen molar-refractivity contribution in [2.24, 2.45) is 0 Å². The summed E-state index contributed by atoms with van der Waals surface area (Å²) in [4.78, 5) is 14.5. The summed E-state index contributed by atoms with van der Waals surface area (Å²) in [6.07, 6.45) is 1.60. The maximum absolute atomic E-state index is 11.5. The molecule has 3 aromatic rings. The summed E-state index contributed by atoms with van der Waals surface area (Å²) in [5.41, 5.74) is 3.27. The number of aromatic nitrogens is 1. The van der Waals surface area contributed by atoms with E-state index in [0.717, 1.165) is 11.1 Å². The quantitative estimate of drug-likeness (QED) is 0.708. The van der Waals surface area contributed by atoms with Gasteiger partial charge in [0.2, 0.25) is 0 Å². The van der Waals surface area contributed by atoms with Gasteiger partial charge in [0.1, 0.15) is 12.0 Å². The molecule has 1 N–H and O–H groups in total. The van der Waals surface area contributed by atoms with Crippen LogP contribution in [0.25, 0.3) is 22.2 Å². The van der Waals surface area contributed by atoms with Crippen LogP contribution >= 0.6 is 23.2 Å². The third kappa shape index (κ3) is 2.07. The van der Waals surface area contributed by atoms with E-state index < -0.39 is 5.97 Å². The molecule has 2 heterocycles. The number of ether oxygens (including phenoxy) is 1. The summed E-state index contributed by atoms with van der Waals surface area (Å²) >= 11 is 11.9. The van der Waals surface area contributed by atoms with Crippen LogP contribution in [0.4, 0.5) is 0 Å². The zero-order chi connectivity index (χ0) is 14.3. The number of furan rings is 1. The molecule has 1 aromatic carbocycles. The van der Waals surface area contributed by atoms with Gasteiger partial charge in [0, 0.05) is 11.6 Å². The first kappa shape index (κ1) is 13.1. The number of hydrogen-bond acceptors (Lipinski definition) is 3. The second-order valence-corrected chi connectivity index (χ2v) is 5.01. The second kappa shape index (κ2) is 4.89. The molecule has 20 heavy (non-hydrogen) atoms. The Morgan fingerprint density at radius 3 is 2.75 bits per heavy atom. The van der Waals surface area contributed by atoms with E-state index >= 15 is 0 Å². The van der Waals surface area contributed by atoms with Crippen LogP contribution in [0.3, 0.4) is 0 Å². The van der Waals surface area contributed by atoms with E-state index in [1.165, 1.54) is 7.11 Å². The fourth-order valence-electron chi connectivity index (χ4n) is 2.01. The minimum atomic E-state index is -0.448. The van der Waals surface area contributed by atoms with Crippen LogP contribution in [0.5, 0.6) is 0 Å². The number of hydrogen-bond donors (Lipinski definition) is 1. The summed E-state index contributed by atoms with van der Waals surface area (Å²) in [7, 11) is 1.32. The van der Waals surface area contributed by atoms with Gasteiger partial charge in [0.25, 0.3) is 0 Å². The van der Waals surface area contributed by atoms with Crippen molar-refractivity contribution in [3.63, 3.8) is 0 Å². The number of halogens is 2. The largest absolute Gasteiger partial charge is 0.464 e. The van der Waals surface area contributed by atoms with E-state index in [-0.39, 0.29) is 0 Å². The van der Waals surface area contributed by atoms with Crippen LogP contribution in [-0.4, -0.2) is 18.1 Å². The van der Waals surface area contributed by atoms with E-state index in [1.807, 2.05) is 6.07 Å². The van der Waals surface area contributed by atoms with Gasteiger partial charge in [-0.3, -0.25) is 0 Å². The Labute approximate surface area is 124 Å². The van der Waals surface area contributed by atoms with Crippen LogP contribution in [0, 0.1) is 0 Å². The lowest BCUT2D eigenvalue weighted by Gasteiger charge is -2.00. The zero-order valence-corrected chi connectivity index (χ0v) is 11.9. The van der Waals surface area contributed by atoms with Gasteiger partial charge in [-0.05, 0) is 17.7 Å². The van der Waals surface area contributed by atoms with Gasteiger partial charge < -0.3 is 14.1 Å². The normalized spacial score (nSPS) is 10.9. The smallest absolute Gasteiger partial charge is 0.354 e. The highest BCUT2D eigenvalue weighted by atomic mass is 35.5. The molecule has 2 aromatic heterocycles. The predicted octanol–water partition coefficient (Wildman–Crippen LogP) is 4.52. The van der Waals surface area contributed by atoms with Crippen molar-refractivity contribution in [1.29, 1.82) is 0 Å². The number of esters is 1. The van der Waals surface area contributed by atoms with Crippen molar-refractivity contribution in [2.45, 2.75) is 0 Å². The molecule has 6 heteroatoms. The van der Waals surface area contributed by atoms with Crippen LogP contribution in [0.15, 0.2) is 34.9 Å². The van der Waals surface area contributed by atoms with E-state index in [4.69, 9.17) is 27.6 Å². The molecule has 0 saturated heterocycles. The van der Waals surface area contributed by atoms with Crippen molar-refractivity contribution < 1.29 is 13.9 Å². The lowest BCUT2D eigenvalue weighted by atomic mass is 10.1. The molecule has 0 saturated carbocycles. The molecular formula is C14H9Cl2NO3. The number of carbonyl (C=O) groups excluding carboxylic acids is 1. The number of benzene rings is 1. The van der Waals surface area contributed by atoms with Crippen LogP contribution in [0.2, 0.25) is 10.0 Å². The molecule has 0 unspecified atom stereocenters. The second-order valence-electron chi connectivity index (χ2n) is 4.19. The first-order valence-electron chi connectivity index (χ1n) is 5.74. The van der Waals surface area contributed by atoms with E-state index in [9.17, 15) is 4.79 Å². The van der Waals surface area contributed by atoms with Crippen molar-refractivity contribution >= 4 is 40.3 Å². The summed E-state index contributed by atoms with van der Waals surface area (Å²) < 4.78 is 10.1. The Bertz CT molecular complexity index is 804. The van der Waals surface area contributed by atoms with Crippen LogP contribution < -0.4 is 0 Å². The standard InChI is InChI=1S/C14H9Cl2NO3/c1-19-14(18)11-5-12-13(17-11)8(6-20-12)7-2-3-9(15)10(16)4-7/h2-6,17H,1H3. The highest BCUT2D eigenvalue weighted by Crippen LogP contribution is 2.34. The third-order valence-corrected chi connectivity index (χ3v) is 3.73. The summed E-state index contributed by atoms with van der Waals surface area (Å²) in [6.45, 7) is 0. The topological polar surface area (TPSA) is 55.2 Å². The monoisotopic (exact) mass is 309 g/mol. The highest BCUT2D eigenvalue weighted by Gasteiger charge is 2.16. The van der Waals surface area contributed by atoms with Crippen LogP contribution in [-0.2, 0) is 4.74 Å². The fourth-order valence-corrected chi connectivity index (χ4v) is 2.30. The number of methoxy groups -OCH3 is 1. The molecule has 102 valence electrons. The predicted molar refractivity (Wildman–Crippen MR) is 77.4 cm³/mol. The van der Waals surface area contributed by atoms with Gasteiger partial charge in [-0.1, -0.05) is 29.3 Å². The van der Waals surface area contributed by atoms with Crippen molar-refractivity contribution in [1.82, 2.24) is 4.98 Å². The van der Waals surface area contributed by atoms with Crippen molar-refractivity contribution in [2.75, 3.05) is 7.11 Å². The molecule has 0 radical (unpaired) electrons. The summed E-state index contributed by atoms with van der Waals surface area (Å²) in [5, 5.41) is 0.940. The molecule has 4 nitrogen and oxygen atoms in total. The molecule has 0 aliphatic heterocycles. The minimum absolute atomic E-state index is 0.336. The Kier molecular flexibility index (Phi) is 3.20. The molecular weight excluding hydrogens is 301 g/mol.